The Morgan fingerprint density at radius 3 is 2.60 bits per heavy atom. The third kappa shape index (κ3) is 3.51. The van der Waals surface area contributed by atoms with Crippen LogP contribution < -0.4 is 5.32 Å². The van der Waals surface area contributed by atoms with E-state index in [1.54, 1.807) is 41.9 Å². The summed E-state index contributed by atoms with van der Waals surface area (Å²) in [6.07, 6.45) is 1.51. The number of aryl methyl sites for hydroxylation is 1. The van der Waals surface area contributed by atoms with Gasteiger partial charge < -0.3 is 9.88 Å². The molecule has 0 saturated carbocycles. The monoisotopic (exact) mass is 396 g/mol. The molecule has 1 N–H and O–H groups in total. The first kappa shape index (κ1) is 17.8. The predicted molar refractivity (Wildman–Crippen MR) is 100 cm³/mol. The molecule has 0 aliphatic carbocycles. The lowest BCUT2D eigenvalue weighted by Gasteiger charge is -2.08. The molecule has 3 rings (SSSR count). The van der Waals surface area contributed by atoms with Gasteiger partial charge in [0, 0.05) is 24.1 Å². The van der Waals surface area contributed by atoms with Crippen molar-refractivity contribution in [3.8, 4) is 0 Å². The summed E-state index contributed by atoms with van der Waals surface area (Å²) in [5.41, 5.74) is 1.05. The second-order valence-electron chi connectivity index (χ2n) is 5.53. The maximum absolute atomic E-state index is 12.7. The van der Waals surface area contributed by atoms with Gasteiger partial charge in [-0.25, -0.2) is 8.42 Å². The number of benzene rings is 2. The Morgan fingerprint density at radius 1 is 1.12 bits per heavy atom. The van der Waals surface area contributed by atoms with E-state index in [0.29, 0.717) is 5.39 Å². The summed E-state index contributed by atoms with van der Waals surface area (Å²) in [7, 11) is -2.06. The number of nitrogens with zero attached hydrogens (tertiary/aromatic N) is 1. The van der Waals surface area contributed by atoms with Gasteiger partial charge in [-0.2, -0.15) is 0 Å². The quantitative estimate of drug-likeness (QED) is 0.726. The van der Waals surface area contributed by atoms with Gasteiger partial charge in [0.1, 0.15) is 5.75 Å². The van der Waals surface area contributed by atoms with E-state index in [1.807, 2.05) is 12.1 Å². The van der Waals surface area contributed by atoms with Crippen LogP contribution in [0.25, 0.3) is 10.9 Å². The van der Waals surface area contributed by atoms with Gasteiger partial charge in [-0.1, -0.05) is 47.5 Å². The Bertz CT molecular complexity index is 1070. The fourth-order valence-electron chi connectivity index (χ4n) is 2.59. The highest BCUT2D eigenvalue weighted by atomic mass is 35.5. The molecule has 8 heteroatoms. The smallest absolute Gasteiger partial charge is 0.240 e. The molecule has 1 amide bonds. The van der Waals surface area contributed by atoms with Crippen LogP contribution in [0.2, 0.25) is 10.0 Å². The van der Waals surface area contributed by atoms with Crippen LogP contribution in [0.4, 0.5) is 5.69 Å². The van der Waals surface area contributed by atoms with Crippen LogP contribution in [0, 0.1) is 0 Å². The number of carbonyl (C=O) groups is 1. The molecule has 0 fully saturated rings. The van der Waals surface area contributed by atoms with E-state index in [1.165, 1.54) is 6.20 Å². The van der Waals surface area contributed by atoms with Gasteiger partial charge in [-0.15, -0.1) is 0 Å². The van der Waals surface area contributed by atoms with Crippen molar-refractivity contribution in [2.24, 2.45) is 7.05 Å². The number of halogens is 2. The maximum atomic E-state index is 12.7. The van der Waals surface area contributed by atoms with Crippen molar-refractivity contribution in [1.82, 2.24) is 4.57 Å². The lowest BCUT2D eigenvalue weighted by Crippen LogP contribution is -2.23. The third-order valence-electron chi connectivity index (χ3n) is 3.74. The van der Waals surface area contributed by atoms with Crippen LogP contribution in [0.15, 0.2) is 53.6 Å². The summed E-state index contributed by atoms with van der Waals surface area (Å²) < 4.78 is 27.1. The molecule has 0 radical (unpaired) electrons. The minimum absolute atomic E-state index is 0.123. The van der Waals surface area contributed by atoms with Gasteiger partial charge in [-0.3, -0.25) is 4.79 Å². The van der Waals surface area contributed by atoms with Crippen molar-refractivity contribution < 1.29 is 13.2 Å². The number of anilines is 1. The number of rotatable bonds is 4. The summed E-state index contributed by atoms with van der Waals surface area (Å²) in [6, 6.07) is 11.9. The van der Waals surface area contributed by atoms with E-state index >= 15 is 0 Å². The minimum atomic E-state index is -3.82. The Morgan fingerprint density at radius 2 is 1.84 bits per heavy atom. The molecule has 0 saturated heterocycles. The average molecular weight is 397 g/mol. The molecular weight excluding hydrogens is 383 g/mol. The number of amides is 1. The molecule has 1 aromatic heterocycles. The van der Waals surface area contributed by atoms with E-state index in [4.69, 9.17) is 23.2 Å². The Balaban J connectivity index is 1.88. The molecule has 0 spiro atoms. The Kier molecular flexibility index (Phi) is 4.77. The zero-order chi connectivity index (χ0) is 18.2. The standard InChI is InChI=1S/C17H14Cl2N2O3S/c1-21-9-15(11-5-2-3-8-14(11)21)25(23,24)10-16(22)20-13-7-4-6-12(18)17(13)19/h2-9H,10H2,1H3,(H,20,22). The van der Waals surface area contributed by atoms with E-state index in [0.717, 1.165) is 5.52 Å². The molecule has 3 aromatic rings. The van der Waals surface area contributed by atoms with Crippen LogP contribution >= 0.6 is 23.2 Å². The van der Waals surface area contributed by atoms with Gasteiger partial charge in [0.05, 0.1) is 20.6 Å². The number of carbonyl (C=O) groups excluding carboxylic acids is 1. The SMILES string of the molecule is Cn1cc(S(=O)(=O)CC(=O)Nc2cccc(Cl)c2Cl)c2ccccc21. The highest BCUT2D eigenvalue weighted by Crippen LogP contribution is 2.30. The van der Waals surface area contributed by atoms with Gasteiger partial charge in [0.25, 0.3) is 0 Å². The van der Waals surface area contributed by atoms with Crippen molar-refractivity contribution in [3.05, 3.63) is 58.7 Å². The van der Waals surface area contributed by atoms with Crippen LogP contribution in [-0.2, 0) is 21.7 Å². The Labute approximate surface area is 155 Å². The molecule has 0 bridgehead atoms. The zero-order valence-electron chi connectivity index (χ0n) is 13.2. The van der Waals surface area contributed by atoms with E-state index in [9.17, 15) is 13.2 Å². The topological polar surface area (TPSA) is 68.2 Å². The number of sulfone groups is 1. The summed E-state index contributed by atoms with van der Waals surface area (Å²) in [5.74, 6) is -1.37. The molecule has 0 aliphatic heterocycles. The molecule has 0 unspecified atom stereocenters. The highest BCUT2D eigenvalue weighted by molar-refractivity contribution is 7.92. The number of fused-ring (bicyclic) bond motifs is 1. The number of para-hydroxylation sites is 1. The average Bonchev–Trinajstić information content (AvgIpc) is 2.90. The molecular formula is C17H14Cl2N2O3S. The molecule has 0 aliphatic rings. The first-order valence-electron chi connectivity index (χ1n) is 7.30. The lowest BCUT2D eigenvalue weighted by atomic mass is 10.2. The highest BCUT2D eigenvalue weighted by Gasteiger charge is 2.24. The van der Waals surface area contributed by atoms with Crippen LogP contribution in [-0.4, -0.2) is 24.6 Å². The largest absolute Gasteiger partial charge is 0.349 e. The summed E-state index contributed by atoms with van der Waals surface area (Å²) >= 11 is 11.9. The van der Waals surface area contributed by atoms with Crippen molar-refractivity contribution in [2.45, 2.75) is 4.90 Å². The van der Waals surface area contributed by atoms with E-state index < -0.39 is 21.5 Å². The summed E-state index contributed by atoms with van der Waals surface area (Å²) in [6.45, 7) is 0. The van der Waals surface area contributed by atoms with Crippen molar-refractivity contribution in [2.75, 3.05) is 11.1 Å². The molecule has 2 aromatic carbocycles. The second-order valence-corrected chi connectivity index (χ2v) is 8.27. The predicted octanol–water partition coefficient (Wildman–Crippen LogP) is 3.90. The molecule has 1 heterocycles. The van der Waals surface area contributed by atoms with Crippen molar-refractivity contribution in [3.63, 3.8) is 0 Å². The summed E-state index contributed by atoms with van der Waals surface area (Å²) in [5, 5.41) is 3.51. The normalized spacial score (nSPS) is 11.6. The minimum Gasteiger partial charge on any atom is -0.349 e. The molecule has 5 nitrogen and oxygen atoms in total. The maximum Gasteiger partial charge on any atom is 0.240 e. The lowest BCUT2D eigenvalue weighted by molar-refractivity contribution is -0.113. The number of nitrogens with one attached hydrogen (secondary N) is 1. The van der Waals surface area contributed by atoms with Crippen LogP contribution in [0.5, 0.6) is 0 Å². The number of hydrogen-bond donors (Lipinski definition) is 1. The van der Waals surface area contributed by atoms with Crippen LogP contribution in [0.1, 0.15) is 0 Å². The third-order valence-corrected chi connectivity index (χ3v) is 6.20. The molecule has 130 valence electrons. The second kappa shape index (κ2) is 6.71. The molecule has 0 atom stereocenters. The first-order valence-corrected chi connectivity index (χ1v) is 9.71. The molecule has 25 heavy (non-hydrogen) atoms. The fourth-order valence-corrected chi connectivity index (χ4v) is 4.34. The van der Waals surface area contributed by atoms with Crippen molar-refractivity contribution in [1.29, 1.82) is 0 Å². The van der Waals surface area contributed by atoms with Gasteiger partial charge in [0.15, 0.2) is 9.84 Å². The van der Waals surface area contributed by atoms with Gasteiger partial charge in [0.2, 0.25) is 5.91 Å². The van der Waals surface area contributed by atoms with Crippen molar-refractivity contribution >= 4 is 55.5 Å². The summed E-state index contributed by atoms with van der Waals surface area (Å²) in [4.78, 5) is 12.3. The number of hydrogen-bond acceptors (Lipinski definition) is 3. The van der Waals surface area contributed by atoms with E-state index in [-0.39, 0.29) is 20.6 Å². The number of aromatic nitrogens is 1. The van der Waals surface area contributed by atoms with Gasteiger partial charge in [-0.05, 0) is 18.2 Å². The zero-order valence-corrected chi connectivity index (χ0v) is 15.5. The van der Waals surface area contributed by atoms with E-state index in [2.05, 4.69) is 5.32 Å². The first-order chi connectivity index (χ1) is 11.8. The Hall–Kier alpha value is -2.02. The van der Waals surface area contributed by atoms with Crippen LogP contribution in [0.3, 0.4) is 0 Å². The fraction of sp³-hybridized carbons (Fsp3) is 0.118. The van der Waals surface area contributed by atoms with Gasteiger partial charge >= 0.3 is 0 Å².